The van der Waals surface area contributed by atoms with E-state index in [1.165, 1.54) is 6.21 Å². The van der Waals surface area contributed by atoms with Crippen molar-refractivity contribution in [2.24, 2.45) is 0 Å². The molecule has 29 heavy (non-hydrogen) atoms. The van der Waals surface area contributed by atoms with Crippen molar-refractivity contribution in [3.05, 3.63) is 40.5 Å². The highest BCUT2D eigenvalue weighted by Crippen LogP contribution is 2.30. The minimum atomic E-state index is -0.00947. The molecule has 6 N–H and O–H groups in total. The standard InChI is InChI=1S/C21H31ClN6S/c1-20(2)9-15(10-21(3,4)28-20)27-19(25)29-18(24)16-7-6-13(8-17(16)22)14(11-23)12-26-5/h6-8,11-12,15,23-24,26,28H,9-10H2,1-5H3,(H2,25,27)/b14-12+,23-11?,24-18?. The summed E-state index contributed by atoms with van der Waals surface area (Å²) in [7, 11) is 1.77. The Kier molecular flexibility index (Phi) is 7.54. The van der Waals surface area contributed by atoms with Crippen LogP contribution >= 0.6 is 23.4 Å². The van der Waals surface area contributed by atoms with Gasteiger partial charge in [0, 0.05) is 47.7 Å². The lowest BCUT2D eigenvalue weighted by Crippen LogP contribution is -2.62. The molecular formula is C21H31ClN6S. The zero-order chi connectivity index (χ0) is 21.8. The molecule has 0 radical (unpaired) electrons. The van der Waals surface area contributed by atoms with Crippen LogP contribution in [0, 0.1) is 16.2 Å². The van der Waals surface area contributed by atoms with Crippen LogP contribution in [-0.2, 0) is 0 Å². The number of hydrogen-bond acceptors (Lipinski definition) is 6. The predicted octanol–water partition coefficient (Wildman–Crippen LogP) is 4.44. The Morgan fingerprint density at radius 1 is 1.21 bits per heavy atom. The summed E-state index contributed by atoms with van der Waals surface area (Å²) < 4.78 is 0. The highest BCUT2D eigenvalue weighted by molar-refractivity contribution is 8.26. The Morgan fingerprint density at radius 3 is 2.34 bits per heavy atom. The Balaban J connectivity index is 2.05. The maximum absolute atomic E-state index is 8.39. The van der Waals surface area contributed by atoms with Gasteiger partial charge in [-0.2, -0.15) is 0 Å². The summed E-state index contributed by atoms with van der Waals surface area (Å²) in [6.45, 7) is 8.70. The molecular weight excluding hydrogens is 404 g/mol. The van der Waals surface area contributed by atoms with Crippen LogP contribution in [-0.4, -0.2) is 40.6 Å². The minimum Gasteiger partial charge on any atom is -0.393 e. The fourth-order valence-electron chi connectivity index (χ4n) is 4.04. The molecule has 1 aromatic rings. The summed E-state index contributed by atoms with van der Waals surface area (Å²) in [4.78, 5) is 0. The molecule has 0 aliphatic carbocycles. The van der Waals surface area contributed by atoms with Crippen LogP contribution in [0.3, 0.4) is 0 Å². The van der Waals surface area contributed by atoms with Crippen LogP contribution in [0.2, 0.25) is 5.02 Å². The van der Waals surface area contributed by atoms with Gasteiger partial charge in [0.05, 0.1) is 5.02 Å². The number of benzene rings is 1. The molecule has 6 nitrogen and oxygen atoms in total. The first-order valence-corrected chi connectivity index (χ1v) is 10.7. The third-order valence-electron chi connectivity index (χ3n) is 4.73. The first-order valence-electron chi connectivity index (χ1n) is 9.55. The second-order valence-corrected chi connectivity index (χ2v) is 10.1. The van der Waals surface area contributed by atoms with E-state index in [4.69, 9.17) is 27.8 Å². The summed E-state index contributed by atoms with van der Waals surface area (Å²) in [5.41, 5.74) is 2.06. The summed E-state index contributed by atoms with van der Waals surface area (Å²) in [6.07, 6.45) is 4.79. The van der Waals surface area contributed by atoms with E-state index in [2.05, 4.69) is 43.6 Å². The molecule has 0 unspecified atom stereocenters. The molecule has 1 fully saturated rings. The lowest BCUT2D eigenvalue weighted by atomic mass is 9.80. The maximum Gasteiger partial charge on any atom is 0.160 e. The number of rotatable bonds is 5. The van der Waals surface area contributed by atoms with Crippen molar-refractivity contribution in [1.29, 1.82) is 16.2 Å². The maximum atomic E-state index is 8.39. The number of nitrogens with one attached hydrogen (secondary N) is 6. The van der Waals surface area contributed by atoms with E-state index in [0.29, 0.717) is 16.2 Å². The number of amidine groups is 1. The normalized spacial score (nSPS) is 18.8. The molecule has 1 heterocycles. The highest BCUT2D eigenvalue weighted by Gasteiger charge is 2.37. The second kappa shape index (κ2) is 9.32. The van der Waals surface area contributed by atoms with Crippen LogP contribution < -0.4 is 16.0 Å². The van der Waals surface area contributed by atoms with Crippen molar-refractivity contribution in [3.63, 3.8) is 0 Å². The van der Waals surface area contributed by atoms with Gasteiger partial charge in [0.1, 0.15) is 5.04 Å². The number of piperidine rings is 1. The molecule has 1 aliphatic rings. The zero-order valence-corrected chi connectivity index (χ0v) is 19.2. The van der Waals surface area contributed by atoms with Crippen LogP contribution in [0.25, 0.3) is 5.57 Å². The number of halogens is 1. The van der Waals surface area contributed by atoms with Gasteiger partial charge in [-0.05, 0) is 63.9 Å². The summed E-state index contributed by atoms with van der Waals surface area (Å²) in [6, 6.07) is 5.52. The third kappa shape index (κ3) is 6.59. The third-order valence-corrected chi connectivity index (χ3v) is 5.79. The average Bonchev–Trinajstić information content (AvgIpc) is 2.56. The van der Waals surface area contributed by atoms with Crippen molar-refractivity contribution < 1.29 is 0 Å². The van der Waals surface area contributed by atoms with Gasteiger partial charge in [0.25, 0.3) is 0 Å². The quantitative estimate of drug-likeness (QED) is 0.304. The minimum absolute atomic E-state index is 0.00947. The number of hydrogen-bond donors (Lipinski definition) is 6. The topological polar surface area (TPSA) is 108 Å². The van der Waals surface area contributed by atoms with Crippen molar-refractivity contribution in [2.75, 3.05) is 7.05 Å². The van der Waals surface area contributed by atoms with E-state index in [9.17, 15) is 0 Å². The van der Waals surface area contributed by atoms with E-state index in [1.807, 2.05) is 6.07 Å². The van der Waals surface area contributed by atoms with E-state index in [-0.39, 0.29) is 27.3 Å². The van der Waals surface area contributed by atoms with Gasteiger partial charge < -0.3 is 21.4 Å². The molecule has 0 amide bonds. The molecule has 0 bridgehead atoms. The molecule has 0 saturated carbocycles. The van der Waals surface area contributed by atoms with E-state index < -0.39 is 0 Å². The number of thioether (sulfide) groups is 1. The van der Waals surface area contributed by atoms with Gasteiger partial charge in [-0.1, -0.05) is 23.7 Å². The van der Waals surface area contributed by atoms with Gasteiger partial charge in [-0.3, -0.25) is 10.8 Å². The summed E-state index contributed by atoms with van der Waals surface area (Å²) in [5.74, 6) is 0. The summed E-state index contributed by atoms with van der Waals surface area (Å²) >= 11 is 7.47. The lowest BCUT2D eigenvalue weighted by molar-refractivity contribution is 0.156. The Morgan fingerprint density at radius 2 is 1.83 bits per heavy atom. The monoisotopic (exact) mass is 434 g/mol. The van der Waals surface area contributed by atoms with Crippen LogP contribution in [0.4, 0.5) is 0 Å². The SMILES string of the molecule is CN/C=C(\C=N)c1ccc(C(=N)SC(=N)NC2CC(C)(C)NC(C)(C)C2)c(Cl)c1. The Hall–Kier alpha value is -1.83. The van der Waals surface area contributed by atoms with Gasteiger partial charge in [0.2, 0.25) is 0 Å². The molecule has 158 valence electrons. The van der Waals surface area contributed by atoms with Crippen LogP contribution in [0.1, 0.15) is 51.7 Å². The average molecular weight is 435 g/mol. The van der Waals surface area contributed by atoms with Crippen molar-refractivity contribution in [1.82, 2.24) is 16.0 Å². The largest absolute Gasteiger partial charge is 0.393 e. The molecule has 1 aliphatic heterocycles. The van der Waals surface area contributed by atoms with Crippen molar-refractivity contribution >= 4 is 45.4 Å². The van der Waals surface area contributed by atoms with E-state index in [0.717, 1.165) is 30.2 Å². The van der Waals surface area contributed by atoms with Crippen LogP contribution in [0.15, 0.2) is 24.4 Å². The molecule has 0 spiro atoms. The first kappa shape index (κ1) is 23.4. The van der Waals surface area contributed by atoms with Gasteiger partial charge >= 0.3 is 0 Å². The molecule has 0 atom stereocenters. The molecule has 1 saturated heterocycles. The van der Waals surface area contributed by atoms with Crippen molar-refractivity contribution in [3.8, 4) is 0 Å². The lowest BCUT2D eigenvalue weighted by Gasteiger charge is -2.46. The molecule has 8 heteroatoms. The number of allylic oxidation sites excluding steroid dienone is 1. The molecule has 2 rings (SSSR count). The van der Waals surface area contributed by atoms with Gasteiger partial charge in [0.15, 0.2) is 5.17 Å². The van der Waals surface area contributed by atoms with Crippen LogP contribution in [0.5, 0.6) is 0 Å². The fourth-order valence-corrected chi connectivity index (χ4v) is 5.09. The second-order valence-electron chi connectivity index (χ2n) is 8.63. The fraction of sp³-hybridized carbons (Fsp3) is 0.476. The Bertz CT molecular complexity index is 814. The van der Waals surface area contributed by atoms with E-state index in [1.54, 1.807) is 25.4 Å². The van der Waals surface area contributed by atoms with Gasteiger partial charge in [-0.25, -0.2) is 0 Å². The molecule has 0 aromatic heterocycles. The Labute approximate surface area is 182 Å². The highest BCUT2D eigenvalue weighted by atomic mass is 35.5. The predicted molar refractivity (Wildman–Crippen MR) is 127 cm³/mol. The van der Waals surface area contributed by atoms with Crippen molar-refractivity contribution in [2.45, 2.75) is 57.7 Å². The summed E-state index contributed by atoms with van der Waals surface area (Å²) in [5, 5.41) is 35.0. The molecule has 1 aromatic carbocycles. The smallest absolute Gasteiger partial charge is 0.160 e. The van der Waals surface area contributed by atoms with Gasteiger partial charge in [-0.15, -0.1) is 0 Å². The first-order chi connectivity index (χ1) is 13.5. The van der Waals surface area contributed by atoms with E-state index >= 15 is 0 Å². The zero-order valence-electron chi connectivity index (χ0n) is 17.7.